The molecule has 1 N–H and O–H groups in total. The number of aromatic nitrogens is 4. The average Bonchev–Trinajstić information content (AvgIpc) is 2.75. The van der Waals surface area contributed by atoms with Gasteiger partial charge in [-0.05, 0) is 45.9 Å². The number of hydrogen-bond acceptors (Lipinski definition) is 6. The molecule has 0 aliphatic heterocycles. The molecule has 0 amide bonds. The molecule has 7 nitrogen and oxygen atoms in total. The summed E-state index contributed by atoms with van der Waals surface area (Å²) in [4.78, 5) is 26.6. The number of hydrogen-bond donors (Lipinski definition) is 1. The summed E-state index contributed by atoms with van der Waals surface area (Å²) in [5.41, 5.74) is 2.42. The smallest absolute Gasteiger partial charge is 0.261 e. The molecule has 0 bridgehead atoms. The van der Waals surface area contributed by atoms with Crippen LogP contribution >= 0.6 is 0 Å². The first-order valence-electron chi connectivity index (χ1n) is 10.7. The third-order valence-electron chi connectivity index (χ3n) is 5.06. The minimum absolute atomic E-state index is 0.0707. The van der Waals surface area contributed by atoms with E-state index in [9.17, 15) is 4.79 Å². The van der Waals surface area contributed by atoms with Crippen molar-refractivity contribution in [2.75, 3.05) is 5.32 Å². The van der Waals surface area contributed by atoms with Crippen LogP contribution in [0.3, 0.4) is 0 Å². The largest absolute Gasteiger partial charge is 0.491 e. The van der Waals surface area contributed by atoms with E-state index in [2.05, 4.69) is 20.3 Å². The van der Waals surface area contributed by atoms with E-state index in [1.165, 1.54) is 0 Å². The summed E-state index contributed by atoms with van der Waals surface area (Å²) in [7, 11) is 0. The van der Waals surface area contributed by atoms with Gasteiger partial charge in [-0.25, -0.2) is 15.0 Å². The Balaban J connectivity index is 1.58. The van der Waals surface area contributed by atoms with Gasteiger partial charge in [0.05, 0.1) is 29.2 Å². The van der Waals surface area contributed by atoms with Gasteiger partial charge in [0.1, 0.15) is 23.2 Å². The molecule has 164 valence electrons. The van der Waals surface area contributed by atoms with Crippen LogP contribution < -0.4 is 15.6 Å². The lowest BCUT2D eigenvalue weighted by Crippen LogP contribution is -2.25. The maximum absolute atomic E-state index is 13.0. The molecule has 0 unspecified atom stereocenters. The summed E-state index contributed by atoms with van der Waals surface area (Å²) in [5.74, 6) is 2.84. The molecule has 0 saturated heterocycles. The molecule has 0 fully saturated rings. The van der Waals surface area contributed by atoms with Crippen LogP contribution in [0.5, 0.6) is 5.75 Å². The number of nitrogens with one attached hydrogen (secondary N) is 1. The predicted octanol–water partition coefficient (Wildman–Crippen LogP) is 4.25. The predicted molar refractivity (Wildman–Crippen MR) is 126 cm³/mol. The average molecular weight is 430 g/mol. The minimum Gasteiger partial charge on any atom is -0.491 e. The fraction of sp³-hybridized carbons (Fsp3) is 0.280. The van der Waals surface area contributed by atoms with Crippen molar-refractivity contribution in [3.8, 4) is 5.75 Å². The van der Waals surface area contributed by atoms with Crippen LogP contribution in [-0.4, -0.2) is 25.6 Å². The van der Waals surface area contributed by atoms with Gasteiger partial charge in [0.2, 0.25) is 0 Å². The second-order valence-corrected chi connectivity index (χ2v) is 7.99. The molecule has 2 aromatic carbocycles. The Labute approximate surface area is 187 Å². The van der Waals surface area contributed by atoms with Crippen LogP contribution in [-0.2, 0) is 13.1 Å². The molecule has 0 radical (unpaired) electrons. The van der Waals surface area contributed by atoms with E-state index in [0.717, 1.165) is 17.0 Å². The summed E-state index contributed by atoms with van der Waals surface area (Å²) in [6, 6.07) is 17.2. The van der Waals surface area contributed by atoms with E-state index >= 15 is 0 Å². The lowest BCUT2D eigenvalue weighted by Gasteiger charge is -2.15. The zero-order valence-corrected chi connectivity index (χ0v) is 18.8. The van der Waals surface area contributed by atoms with E-state index in [0.29, 0.717) is 41.5 Å². The van der Waals surface area contributed by atoms with Crippen LogP contribution in [0.2, 0.25) is 0 Å². The van der Waals surface area contributed by atoms with Crippen molar-refractivity contribution in [1.29, 1.82) is 0 Å². The van der Waals surface area contributed by atoms with Crippen molar-refractivity contribution >= 4 is 16.7 Å². The number of nitrogens with zero attached hydrogens (tertiary/aromatic N) is 4. The van der Waals surface area contributed by atoms with Crippen molar-refractivity contribution < 1.29 is 4.74 Å². The van der Waals surface area contributed by atoms with Gasteiger partial charge in [0, 0.05) is 18.2 Å². The van der Waals surface area contributed by atoms with Gasteiger partial charge < -0.3 is 10.1 Å². The summed E-state index contributed by atoms with van der Waals surface area (Å²) in [5, 5.41) is 3.97. The number of benzene rings is 2. The number of anilines is 1. The summed E-state index contributed by atoms with van der Waals surface area (Å²) in [6.07, 6.45) is 0.0983. The van der Waals surface area contributed by atoms with Gasteiger partial charge in [0.15, 0.2) is 0 Å². The quantitative estimate of drug-likeness (QED) is 0.473. The molecule has 32 heavy (non-hydrogen) atoms. The van der Waals surface area contributed by atoms with Crippen LogP contribution in [0.25, 0.3) is 10.9 Å². The summed E-state index contributed by atoms with van der Waals surface area (Å²) < 4.78 is 7.56. The molecule has 0 saturated carbocycles. The van der Waals surface area contributed by atoms with E-state index < -0.39 is 0 Å². The zero-order chi connectivity index (χ0) is 22.7. The monoisotopic (exact) mass is 429 g/mol. The Bertz CT molecular complexity index is 1310. The highest BCUT2D eigenvalue weighted by Crippen LogP contribution is 2.21. The Morgan fingerprint density at radius 2 is 1.75 bits per heavy atom. The third-order valence-corrected chi connectivity index (χ3v) is 5.06. The highest BCUT2D eigenvalue weighted by molar-refractivity contribution is 5.77. The second-order valence-electron chi connectivity index (χ2n) is 7.99. The van der Waals surface area contributed by atoms with Crippen molar-refractivity contribution in [2.45, 2.75) is 46.9 Å². The topological polar surface area (TPSA) is 81.9 Å². The highest BCUT2D eigenvalue weighted by Gasteiger charge is 2.11. The van der Waals surface area contributed by atoms with Crippen molar-refractivity contribution in [3.63, 3.8) is 0 Å². The van der Waals surface area contributed by atoms with E-state index in [1.807, 2.05) is 76.2 Å². The fourth-order valence-electron chi connectivity index (χ4n) is 3.63. The van der Waals surface area contributed by atoms with Crippen LogP contribution in [0.15, 0.2) is 59.4 Å². The van der Waals surface area contributed by atoms with E-state index in [1.54, 1.807) is 10.6 Å². The molecule has 0 atom stereocenters. The van der Waals surface area contributed by atoms with Crippen LogP contribution in [0, 0.1) is 13.8 Å². The Hall–Kier alpha value is -3.74. The van der Waals surface area contributed by atoms with Gasteiger partial charge in [-0.15, -0.1) is 0 Å². The van der Waals surface area contributed by atoms with Crippen molar-refractivity contribution in [2.24, 2.45) is 0 Å². The standard InChI is InChI=1S/C25H27N5O2/c1-16(2)32-23-12-8-5-9-19(23)14-26-24-13-20(27-17(3)28-24)15-30-18(4)29-22-11-7-6-10-21(22)25(30)31/h5-13,16H,14-15H2,1-4H3,(H,26,27,28). The first-order chi connectivity index (χ1) is 15.4. The number of rotatable bonds is 7. The number of fused-ring (bicyclic) bond motifs is 1. The van der Waals surface area contributed by atoms with Gasteiger partial charge >= 0.3 is 0 Å². The third kappa shape index (κ3) is 4.77. The van der Waals surface area contributed by atoms with Crippen LogP contribution in [0.4, 0.5) is 5.82 Å². The molecule has 0 aliphatic carbocycles. The lowest BCUT2D eigenvalue weighted by atomic mass is 10.2. The van der Waals surface area contributed by atoms with E-state index in [4.69, 9.17) is 4.74 Å². The van der Waals surface area contributed by atoms with Gasteiger partial charge in [-0.2, -0.15) is 0 Å². The van der Waals surface area contributed by atoms with Gasteiger partial charge in [-0.1, -0.05) is 30.3 Å². The molecule has 2 aromatic heterocycles. The Morgan fingerprint density at radius 3 is 2.56 bits per heavy atom. The normalized spacial score (nSPS) is 11.2. The summed E-state index contributed by atoms with van der Waals surface area (Å²) >= 11 is 0. The molecule has 2 heterocycles. The molecule has 0 aliphatic rings. The first kappa shape index (κ1) is 21.5. The molecule has 4 rings (SSSR count). The van der Waals surface area contributed by atoms with Gasteiger partial charge in [-0.3, -0.25) is 9.36 Å². The Morgan fingerprint density at radius 1 is 1.00 bits per heavy atom. The molecular formula is C25H27N5O2. The first-order valence-corrected chi connectivity index (χ1v) is 10.7. The van der Waals surface area contributed by atoms with Gasteiger partial charge in [0.25, 0.3) is 5.56 Å². The highest BCUT2D eigenvalue weighted by atomic mass is 16.5. The Kier molecular flexibility index (Phi) is 6.16. The molecular weight excluding hydrogens is 402 g/mol. The van der Waals surface area contributed by atoms with Crippen LogP contribution in [0.1, 0.15) is 36.8 Å². The molecule has 0 spiro atoms. The second kappa shape index (κ2) is 9.18. The minimum atomic E-state index is -0.0707. The number of ether oxygens (including phenoxy) is 1. The number of para-hydroxylation sites is 2. The zero-order valence-electron chi connectivity index (χ0n) is 18.8. The summed E-state index contributed by atoms with van der Waals surface area (Å²) in [6.45, 7) is 8.60. The molecule has 7 heteroatoms. The number of aryl methyl sites for hydroxylation is 2. The SMILES string of the molecule is Cc1nc(Cn2c(C)nc3ccccc3c2=O)cc(NCc2ccccc2OC(C)C)n1. The lowest BCUT2D eigenvalue weighted by molar-refractivity contribution is 0.240. The fourth-order valence-corrected chi connectivity index (χ4v) is 3.63. The maximum Gasteiger partial charge on any atom is 0.261 e. The van der Waals surface area contributed by atoms with E-state index in [-0.39, 0.29) is 11.7 Å². The van der Waals surface area contributed by atoms with Crippen molar-refractivity contribution in [3.05, 3.63) is 87.9 Å². The molecule has 4 aromatic rings. The maximum atomic E-state index is 13.0. The van der Waals surface area contributed by atoms with Crippen molar-refractivity contribution in [1.82, 2.24) is 19.5 Å².